The van der Waals surface area contributed by atoms with E-state index in [-0.39, 0.29) is 35.1 Å². The van der Waals surface area contributed by atoms with Crippen molar-refractivity contribution in [3.8, 4) is 11.3 Å². The lowest BCUT2D eigenvalue weighted by atomic mass is 9.63. The van der Waals surface area contributed by atoms with Crippen LogP contribution >= 0.6 is 0 Å². The molecule has 4 heterocycles. The number of H-pyrrole nitrogens is 1. The third-order valence-corrected chi connectivity index (χ3v) is 8.73. The molecule has 5 rings (SSSR count). The minimum Gasteiger partial charge on any atom is -0.448 e. The Hall–Kier alpha value is -3.30. The number of alkyl halides is 3. The molecule has 0 spiro atoms. The number of ether oxygens (including phenoxy) is 1. The van der Waals surface area contributed by atoms with Gasteiger partial charge in [0.05, 0.1) is 11.5 Å². The lowest BCUT2D eigenvalue weighted by Crippen LogP contribution is -2.69. The van der Waals surface area contributed by atoms with E-state index < -0.39 is 46.9 Å². The number of benzene rings is 1. The first-order valence-corrected chi connectivity index (χ1v) is 13.9. The van der Waals surface area contributed by atoms with Crippen molar-refractivity contribution < 1.29 is 40.6 Å². The van der Waals surface area contributed by atoms with Crippen LogP contribution in [-0.2, 0) is 29.4 Å². The van der Waals surface area contributed by atoms with E-state index in [2.05, 4.69) is 11.9 Å². The van der Waals surface area contributed by atoms with Crippen molar-refractivity contribution >= 4 is 5.97 Å². The second kappa shape index (κ2) is 10.3. The number of nitrogens with one attached hydrogen (secondary N) is 1. The SMILES string of the molecule is CCCCCc1cc[n+]2c(c1)-c1c(cc(F)c(C(F)(F)F)c1F)C(C1C[n+]3cc[nH]c3C(=O)O1)C2(CC)C(C)C. The van der Waals surface area contributed by atoms with E-state index in [0.717, 1.165) is 30.9 Å². The summed E-state index contributed by atoms with van der Waals surface area (Å²) in [6.45, 7) is 8.15. The Morgan fingerprint density at radius 3 is 2.55 bits per heavy atom. The zero-order chi connectivity index (χ0) is 29.0. The van der Waals surface area contributed by atoms with Crippen LogP contribution in [0.25, 0.3) is 11.3 Å². The Balaban J connectivity index is 1.81. The van der Waals surface area contributed by atoms with Gasteiger partial charge in [0.15, 0.2) is 23.7 Å². The molecule has 0 fully saturated rings. The van der Waals surface area contributed by atoms with Gasteiger partial charge >= 0.3 is 18.0 Å². The summed E-state index contributed by atoms with van der Waals surface area (Å²) in [5.41, 5.74) is -1.84. The number of hydrogen-bond acceptors (Lipinski definition) is 2. The number of fused-ring (bicyclic) bond motifs is 4. The fraction of sp³-hybridized carbons (Fsp3) is 0.500. The van der Waals surface area contributed by atoms with Gasteiger partial charge in [-0.25, -0.2) is 23.1 Å². The summed E-state index contributed by atoms with van der Waals surface area (Å²) in [4.78, 5) is 15.8. The van der Waals surface area contributed by atoms with Gasteiger partial charge in [-0.3, -0.25) is 0 Å². The van der Waals surface area contributed by atoms with Crippen LogP contribution in [0.5, 0.6) is 0 Å². The molecule has 2 aliphatic heterocycles. The van der Waals surface area contributed by atoms with E-state index in [0.29, 0.717) is 12.8 Å². The number of nitrogens with zero attached hydrogens (tertiary/aromatic N) is 2. The number of hydrogen-bond donors (Lipinski definition) is 1. The van der Waals surface area contributed by atoms with Gasteiger partial charge in [0.2, 0.25) is 5.69 Å². The molecule has 0 bridgehead atoms. The average molecular weight is 564 g/mol. The molecule has 3 atom stereocenters. The highest BCUT2D eigenvalue weighted by molar-refractivity contribution is 5.84. The second-order valence-electron chi connectivity index (χ2n) is 11.1. The number of carbonyl (C=O) groups is 1. The van der Waals surface area contributed by atoms with Crippen LogP contribution in [0.2, 0.25) is 0 Å². The molecule has 40 heavy (non-hydrogen) atoms. The van der Waals surface area contributed by atoms with Gasteiger partial charge < -0.3 is 4.74 Å². The van der Waals surface area contributed by atoms with E-state index in [9.17, 15) is 18.0 Å². The molecule has 2 aliphatic rings. The number of carbonyl (C=O) groups excluding carboxylic acids is 1. The highest BCUT2D eigenvalue weighted by atomic mass is 19.4. The Morgan fingerprint density at radius 2 is 1.90 bits per heavy atom. The van der Waals surface area contributed by atoms with Gasteiger partial charge in [0.25, 0.3) is 0 Å². The third-order valence-electron chi connectivity index (χ3n) is 8.73. The maximum Gasteiger partial charge on any atom is 0.422 e. The molecule has 2 aromatic heterocycles. The second-order valence-corrected chi connectivity index (χ2v) is 11.1. The van der Waals surface area contributed by atoms with E-state index >= 15 is 8.78 Å². The number of unbranched alkanes of at least 4 members (excludes halogenated alkanes) is 2. The molecule has 0 saturated heterocycles. The molecule has 0 radical (unpaired) electrons. The van der Waals surface area contributed by atoms with Crippen LogP contribution < -0.4 is 9.13 Å². The Labute approximate surface area is 230 Å². The smallest absolute Gasteiger partial charge is 0.422 e. The van der Waals surface area contributed by atoms with Crippen molar-refractivity contribution in [3.05, 3.63) is 70.9 Å². The van der Waals surface area contributed by atoms with E-state index in [1.165, 1.54) is 0 Å². The molecule has 214 valence electrons. The van der Waals surface area contributed by atoms with Gasteiger partial charge in [0, 0.05) is 24.5 Å². The molecule has 0 saturated carbocycles. The van der Waals surface area contributed by atoms with Crippen molar-refractivity contribution in [2.75, 3.05) is 0 Å². The largest absolute Gasteiger partial charge is 0.448 e. The highest BCUT2D eigenvalue weighted by Gasteiger charge is 2.61. The number of esters is 1. The Morgan fingerprint density at radius 1 is 1.15 bits per heavy atom. The summed E-state index contributed by atoms with van der Waals surface area (Å²) >= 11 is 0. The number of cyclic esters (lactones) is 1. The van der Waals surface area contributed by atoms with Crippen molar-refractivity contribution in [2.45, 2.75) is 90.1 Å². The third kappa shape index (κ3) is 4.30. The number of pyridine rings is 1. The van der Waals surface area contributed by atoms with Crippen molar-refractivity contribution in [2.24, 2.45) is 5.92 Å². The molecule has 1 N–H and O–H groups in total. The summed E-state index contributed by atoms with van der Waals surface area (Å²) in [5.74, 6) is -4.69. The molecular weight excluding hydrogens is 529 g/mol. The van der Waals surface area contributed by atoms with Gasteiger partial charge in [-0.15, -0.1) is 0 Å². The topological polar surface area (TPSA) is 49.8 Å². The normalized spacial score (nSPS) is 22.1. The summed E-state index contributed by atoms with van der Waals surface area (Å²) in [6.07, 6.45) is 2.98. The van der Waals surface area contributed by atoms with Crippen LogP contribution in [0.15, 0.2) is 36.8 Å². The Kier molecular flexibility index (Phi) is 7.25. The number of halogens is 5. The minimum atomic E-state index is -5.23. The van der Waals surface area contributed by atoms with Gasteiger partial charge in [-0.1, -0.05) is 40.5 Å². The van der Waals surface area contributed by atoms with Gasteiger partial charge in [0.1, 0.15) is 30.3 Å². The number of aromatic amines is 1. The van der Waals surface area contributed by atoms with Gasteiger partial charge in [-0.2, -0.15) is 17.7 Å². The first kappa shape index (κ1) is 28.2. The van der Waals surface area contributed by atoms with Crippen LogP contribution in [0.3, 0.4) is 0 Å². The first-order chi connectivity index (χ1) is 18.9. The summed E-state index contributed by atoms with van der Waals surface area (Å²) in [7, 11) is 0. The van der Waals surface area contributed by atoms with Crippen LogP contribution in [0.4, 0.5) is 22.0 Å². The molecule has 0 amide bonds. The van der Waals surface area contributed by atoms with E-state index in [4.69, 9.17) is 4.74 Å². The minimum absolute atomic E-state index is 0.0849. The monoisotopic (exact) mass is 563 g/mol. The number of aromatic nitrogens is 3. The Bertz CT molecular complexity index is 1450. The number of rotatable bonds is 7. The predicted molar refractivity (Wildman–Crippen MR) is 136 cm³/mol. The summed E-state index contributed by atoms with van der Waals surface area (Å²) in [5, 5.41) is 0. The number of imidazole rings is 1. The lowest BCUT2D eigenvalue weighted by Gasteiger charge is -2.46. The maximum absolute atomic E-state index is 16.1. The van der Waals surface area contributed by atoms with Crippen LogP contribution in [0, 0.1) is 17.6 Å². The standard InChI is InChI=1S/C30H33F5N3O2/c1-5-7-8-9-18-10-12-38-21(14-18)23-19(15-20(31)25(26(23)32)30(33,34)35)24(29(38,6-2)17(3)4)22-16-37-13-11-36-27(37)28(39)40-22/h10-15,17,22,24H,5-9,16H2,1-4H3/q+1/p+1. The number of aryl methyl sites for hydroxylation is 1. The summed E-state index contributed by atoms with van der Waals surface area (Å²) < 4.78 is 82.6. The predicted octanol–water partition coefficient (Wildman–Crippen LogP) is 6.38. The maximum atomic E-state index is 16.1. The fourth-order valence-electron chi connectivity index (χ4n) is 6.90. The molecular formula is C30H34F5N3O2+2. The highest BCUT2D eigenvalue weighted by Crippen LogP contribution is 2.52. The first-order valence-electron chi connectivity index (χ1n) is 13.9. The van der Waals surface area contributed by atoms with Crippen LogP contribution in [0.1, 0.15) is 86.6 Å². The molecule has 3 aromatic rings. The van der Waals surface area contributed by atoms with Crippen LogP contribution in [-0.4, -0.2) is 17.1 Å². The molecule has 5 nitrogen and oxygen atoms in total. The van der Waals surface area contributed by atoms with Crippen molar-refractivity contribution in [1.29, 1.82) is 0 Å². The van der Waals surface area contributed by atoms with E-state index in [1.807, 2.05) is 37.6 Å². The fourth-order valence-corrected chi connectivity index (χ4v) is 6.90. The molecule has 0 aliphatic carbocycles. The zero-order valence-corrected chi connectivity index (χ0v) is 23.0. The van der Waals surface area contributed by atoms with Crippen molar-refractivity contribution in [1.82, 2.24) is 4.98 Å². The van der Waals surface area contributed by atoms with Crippen molar-refractivity contribution in [3.63, 3.8) is 0 Å². The molecule has 1 aromatic carbocycles. The molecule has 10 heteroatoms. The zero-order valence-electron chi connectivity index (χ0n) is 23.0. The lowest BCUT2D eigenvalue weighted by molar-refractivity contribution is -0.774. The molecule has 3 unspecified atom stereocenters. The van der Waals surface area contributed by atoms with E-state index in [1.54, 1.807) is 23.0 Å². The quantitative estimate of drug-likeness (QED) is 0.157. The summed E-state index contributed by atoms with van der Waals surface area (Å²) in [6, 6.07) is 4.48. The van der Waals surface area contributed by atoms with Gasteiger partial charge in [-0.05, 0) is 30.0 Å². The average Bonchev–Trinajstić information content (AvgIpc) is 3.36.